The first-order valence-electron chi connectivity index (χ1n) is 5.35. The fourth-order valence-corrected chi connectivity index (χ4v) is 1.80. The highest BCUT2D eigenvalue weighted by Crippen LogP contribution is 2.28. The maximum Gasteiger partial charge on any atom is 0.132 e. The van der Waals surface area contributed by atoms with E-state index in [1.807, 2.05) is 12.2 Å². The van der Waals surface area contributed by atoms with Gasteiger partial charge in [-0.25, -0.2) is 0 Å². The molecule has 0 heterocycles. The first kappa shape index (κ1) is 11.9. The molecule has 0 atom stereocenters. The Morgan fingerprint density at radius 1 is 1.12 bits per heavy atom. The molecule has 0 amide bonds. The molecule has 0 bridgehead atoms. The third kappa shape index (κ3) is 3.17. The summed E-state index contributed by atoms with van der Waals surface area (Å²) in [6.45, 7) is 0. The minimum absolute atomic E-state index is 0.589. The van der Waals surface area contributed by atoms with Gasteiger partial charge in [-0.2, -0.15) is 0 Å². The van der Waals surface area contributed by atoms with Crippen LogP contribution in [-0.2, 0) is 0 Å². The van der Waals surface area contributed by atoms with Crippen LogP contribution in [-0.4, -0.2) is 7.11 Å². The van der Waals surface area contributed by atoms with Crippen molar-refractivity contribution >= 4 is 11.6 Å². The second-order valence-electron chi connectivity index (χ2n) is 3.80. The van der Waals surface area contributed by atoms with Gasteiger partial charge in [-0.15, -0.1) is 0 Å². The summed E-state index contributed by atoms with van der Waals surface area (Å²) in [6, 6.07) is 5.29. The molecule has 1 aromatic carbocycles. The van der Waals surface area contributed by atoms with Crippen LogP contribution in [0.5, 0.6) is 11.5 Å². The summed E-state index contributed by atoms with van der Waals surface area (Å²) in [5, 5.41) is 0.589. The van der Waals surface area contributed by atoms with Crippen molar-refractivity contribution in [2.75, 3.05) is 7.11 Å². The van der Waals surface area contributed by atoms with E-state index in [9.17, 15) is 0 Å². The fourth-order valence-electron chi connectivity index (χ4n) is 1.58. The lowest BCUT2D eigenvalue weighted by Gasteiger charge is -2.14. The zero-order valence-electron chi connectivity index (χ0n) is 9.57. The molecule has 0 spiro atoms. The van der Waals surface area contributed by atoms with Crippen LogP contribution in [0.3, 0.4) is 0 Å². The van der Waals surface area contributed by atoms with Gasteiger partial charge in [0.25, 0.3) is 0 Å². The van der Waals surface area contributed by atoms with Crippen LogP contribution in [0.2, 0.25) is 5.02 Å². The van der Waals surface area contributed by atoms with E-state index in [-0.39, 0.29) is 0 Å². The van der Waals surface area contributed by atoms with Crippen molar-refractivity contribution in [3.05, 3.63) is 46.8 Å². The Labute approximate surface area is 105 Å². The molecule has 0 aliphatic heterocycles. The van der Waals surface area contributed by atoms with Crippen LogP contribution >= 0.6 is 11.6 Å². The van der Waals surface area contributed by atoms with Crippen molar-refractivity contribution in [2.45, 2.75) is 12.8 Å². The maximum atomic E-state index is 5.96. The lowest BCUT2D eigenvalue weighted by atomic mass is 10.1. The van der Waals surface area contributed by atoms with Crippen molar-refractivity contribution in [1.29, 1.82) is 0 Å². The van der Waals surface area contributed by atoms with Crippen molar-refractivity contribution in [3.63, 3.8) is 0 Å². The number of halogens is 1. The van der Waals surface area contributed by atoms with Gasteiger partial charge >= 0.3 is 0 Å². The number of hydrogen-bond acceptors (Lipinski definition) is 3. The van der Waals surface area contributed by atoms with Gasteiger partial charge in [0.15, 0.2) is 0 Å². The molecule has 3 nitrogen and oxygen atoms in total. The highest BCUT2D eigenvalue weighted by Gasteiger charge is 2.07. The van der Waals surface area contributed by atoms with Crippen molar-refractivity contribution in [1.82, 2.24) is 0 Å². The van der Waals surface area contributed by atoms with Crippen LogP contribution in [0.15, 0.2) is 41.8 Å². The summed E-state index contributed by atoms with van der Waals surface area (Å²) in [5.41, 5.74) is 6.56. The molecule has 2 N–H and O–H groups in total. The summed E-state index contributed by atoms with van der Waals surface area (Å²) in [6.07, 6.45) is 5.37. The zero-order valence-corrected chi connectivity index (χ0v) is 10.3. The number of ether oxygens (including phenoxy) is 2. The quantitative estimate of drug-likeness (QED) is 0.897. The molecule has 0 fully saturated rings. The third-order valence-corrected chi connectivity index (χ3v) is 2.69. The average molecular weight is 252 g/mol. The Bertz CT molecular complexity index is 480. The van der Waals surface area contributed by atoms with Gasteiger partial charge < -0.3 is 15.2 Å². The molecule has 17 heavy (non-hydrogen) atoms. The predicted molar refractivity (Wildman–Crippen MR) is 68.2 cm³/mol. The SMILES string of the molecule is COc1cc(Cl)cc(OC2=CC=C(N)CC2)c1. The Morgan fingerprint density at radius 3 is 2.53 bits per heavy atom. The highest BCUT2D eigenvalue weighted by atomic mass is 35.5. The van der Waals surface area contributed by atoms with Gasteiger partial charge in [-0.05, 0) is 30.7 Å². The van der Waals surface area contributed by atoms with E-state index in [4.69, 9.17) is 26.8 Å². The molecule has 90 valence electrons. The van der Waals surface area contributed by atoms with Crippen LogP contribution in [0, 0.1) is 0 Å². The molecule has 0 saturated carbocycles. The molecule has 1 aliphatic carbocycles. The number of hydrogen-bond donors (Lipinski definition) is 1. The second-order valence-corrected chi connectivity index (χ2v) is 4.24. The second kappa shape index (κ2) is 5.15. The lowest BCUT2D eigenvalue weighted by Crippen LogP contribution is -2.05. The Hall–Kier alpha value is -1.61. The number of rotatable bonds is 3. The molecular formula is C13H14ClNO2. The molecule has 2 rings (SSSR count). The van der Waals surface area contributed by atoms with E-state index in [1.165, 1.54) is 0 Å². The molecule has 1 aromatic rings. The monoisotopic (exact) mass is 251 g/mol. The molecule has 0 aromatic heterocycles. The minimum atomic E-state index is 0.589. The molecule has 0 saturated heterocycles. The molecular weight excluding hydrogens is 238 g/mol. The largest absolute Gasteiger partial charge is 0.497 e. The Morgan fingerprint density at radius 2 is 1.88 bits per heavy atom. The van der Waals surface area contributed by atoms with E-state index in [2.05, 4.69) is 0 Å². The van der Waals surface area contributed by atoms with Gasteiger partial charge in [-0.3, -0.25) is 0 Å². The summed E-state index contributed by atoms with van der Waals surface area (Å²) in [7, 11) is 1.60. The summed E-state index contributed by atoms with van der Waals surface area (Å²) in [4.78, 5) is 0. The normalized spacial score (nSPS) is 14.9. The van der Waals surface area contributed by atoms with E-state index in [1.54, 1.807) is 25.3 Å². The number of allylic oxidation sites excluding steroid dienone is 4. The van der Waals surface area contributed by atoms with E-state index in [0.29, 0.717) is 16.5 Å². The topological polar surface area (TPSA) is 44.5 Å². The fraction of sp³-hybridized carbons (Fsp3) is 0.231. The van der Waals surface area contributed by atoms with E-state index < -0.39 is 0 Å². The molecule has 0 unspecified atom stereocenters. The van der Waals surface area contributed by atoms with Gasteiger partial charge in [0, 0.05) is 23.2 Å². The van der Waals surface area contributed by atoms with Crippen molar-refractivity contribution in [2.24, 2.45) is 5.73 Å². The number of benzene rings is 1. The number of nitrogens with two attached hydrogens (primary N) is 1. The first-order chi connectivity index (χ1) is 8.17. The van der Waals surface area contributed by atoms with E-state index >= 15 is 0 Å². The first-order valence-corrected chi connectivity index (χ1v) is 5.73. The third-order valence-electron chi connectivity index (χ3n) is 2.47. The maximum absolute atomic E-state index is 5.96. The minimum Gasteiger partial charge on any atom is -0.497 e. The molecule has 0 radical (unpaired) electrons. The van der Waals surface area contributed by atoms with Crippen LogP contribution in [0.25, 0.3) is 0 Å². The zero-order chi connectivity index (χ0) is 12.3. The predicted octanol–water partition coefficient (Wildman–Crippen LogP) is 3.25. The van der Waals surface area contributed by atoms with E-state index in [0.717, 1.165) is 24.3 Å². The smallest absolute Gasteiger partial charge is 0.132 e. The van der Waals surface area contributed by atoms with Crippen LogP contribution < -0.4 is 15.2 Å². The highest BCUT2D eigenvalue weighted by molar-refractivity contribution is 6.30. The standard InChI is InChI=1S/C13H14ClNO2/c1-16-12-6-9(14)7-13(8-12)17-11-4-2-10(15)3-5-11/h2,4,6-8H,3,5,15H2,1H3. The van der Waals surface area contributed by atoms with Crippen molar-refractivity contribution < 1.29 is 9.47 Å². The van der Waals surface area contributed by atoms with Gasteiger partial charge in [0.2, 0.25) is 0 Å². The molecule has 4 heteroatoms. The molecule has 1 aliphatic rings. The van der Waals surface area contributed by atoms with Crippen LogP contribution in [0.4, 0.5) is 0 Å². The lowest BCUT2D eigenvalue weighted by molar-refractivity contribution is 0.387. The summed E-state index contributed by atoms with van der Waals surface area (Å²) in [5.74, 6) is 2.23. The van der Waals surface area contributed by atoms with Gasteiger partial charge in [0.1, 0.15) is 17.3 Å². The average Bonchev–Trinajstić information content (AvgIpc) is 2.31. The Kier molecular flexibility index (Phi) is 3.59. The summed E-state index contributed by atoms with van der Waals surface area (Å²) < 4.78 is 10.8. The summed E-state index contributed by atoms with van der Waals surface area (Å²) >= 11 is 5.96. The van der Waals surface area contributed by atoms with Gasteiger partial charge in [0.05, 0.1) is 7.11 Å². The van der Waals surface area contributed by atoms with Crippen LogP contribution in [0.1, 0.15) is 12.8 Å². The van der Waals surface area contributed by atoms with Crippen molar-refractivity contribution in [3.8, 4) is 11.5 Å². The number of methoxy groups -OCH3 is 1. The Balaban J connectivity index is 2.16. The van der Waals surface area contributed by atoms with Gasteiger partial charge in [-0.1, -0.05) is 11.6 Å².